The van der Waals surface area contributed by atoms with Gasteiger partial charge in [-0.3, -0.25) is 10.1 Å². The summed E-state index contributed by atoms with van der Waals surface area (Å²) in [5.41, 5.74) is 0.885. The number of hydrogen-bond acceptors (Lipinski definition) is 6. The maximum absolute atomic E-state index is 11.3. The van der Waals surface area contributed by atoms with Crippen LogP contribution < -0.4 is 14.2 Å². The van der Waals surface area contributed by atoms with Crippen LogP contribution in [0, 0.1) is 16.0 Å². The van der Waals surface area contributed by atoms with E-state index in [9.17, 15) is 10.1 Å². The number of rotatable bonds is 9. The zero-order valence-electron chi connectivity index (χ0n) is 16.0. The van der Waals surface area contributed by atoms with E-state index in [0.29, 0.717) is 36.4 Å². The Morgan fingerprint density at radius 3 is 2.56 bits per heavy atom. The molecule has 7 heteroatoms. The van der Waals surface area contributed by atoms with Crippen LogP contribution in [-0.2, 0) is 0 Å². The fraction of sp³-hybridized carbons (Fsp3) is 0.350. The van der Waals surface area contributed by atoms with Crippen molar-refractivity contribution in [3.05, 3.63) is 52.1 Å². The molecule has 0 fully saturated rings. The maximum Gasteiger partial charge on any atom is 0.298 e. The van der Waals surface area contributed by atoms with Gasteiger partial charge in [-0.25, -0.2) is 4.99 Å². The van der Waals surface area contributed by atoms with Crippen molar-refractivity contribution in [3.8, 4) is 17.2 Å². The lowest BCUT2D eigenvalue weighted by Crippen LogP contribution is -2.05. The van der Waals surface area contributed by atoms with Crippen LogP contribution in [0.3, 0.4) is 0 Å². The number of nitrogens with zero attached hydrogens (tertiary/aromatic N) is 2. The summed E-state index contributed by atoms with van der Waals surface area (Å²) in [4.78, 5) is 15.1. The molecule has 0 saturated heterocycles. The van der Waals surface area contributed by atoms with Crippen molar-refractivity contribution in [2.75, 3.05) is 20.3 Å². The van der Waals surface area contributed by atoms with Gasteiger partial charge in [-0.2, -0.15) is 0 Å². The summed E-state index contributed by atoms with van der Waals surface area (Å²) in [5.74, 6) is 2.07. The van der Waals surface area contributed by atoms with Crippen molar-refractivity contribution in [3.63, 3.8) is 0 Å². The Labute approximate surface area is 158 Å². The lowest BCUT2D eigenvalue weighted by Gasteiger charge is -2.12. The third kappa shape index (κ3) is 5.70. The maximum atomic E-state index is 11.3. The SMILES string of the molecule is CCOc1ccc(N=Cc2ccc(OCC(C)C)c(OC)c2)c([N+](=O)[O-])c1. The van der Waals surface area contributed by atoms with Gasteiger partial charge >= 0.3 is 0 Å². The average molecular weight is 372 g/mol. The third-order valence-electron chi connectivity index (χ3n) is 3.57. The van der Waals surface area contributed by atoms with E-state index in [0.717, 1.165) is 5.56 Å². The lowest BCUT2D eigenvalue weighted by atomic mass is 10.2. The van der Waals surface area contributed by atoms with Crippen LogP contribution in [0.15, 0.2) is 41.4 Å². The van der Waals surface area contributed by atoms with Crippen molar-refractivity contribution >= 4 is 17.6 Å². The molecule has 0 aliphatic carbocycles. The molecule has 144 valence electrons. The molecule has 0 N–H and O–H groups in total. The molecule has 0 spiro atoms. The molecule has 0 unspecified atom stereocenters. The molecule has 0 amide bonds. The van der Waals surface area contributed by atoms with Crippen molar-refractivity contribution in [1.82, 2.24) is 0 Å². The third-order valence-corrected chi connectivity index (χ3v) is 3.57. The normalized spacial score (nSPS) is 11.0. The number of ether oxygens (including phenoxy) is 3. The van der Waals surface area contributed by atoms with Crippen molar-refractivity contribution in [1.29, 1.82) is 0 Å². The molecular weight excluding hydrogens is 348 g/mol. The molecule has 0 aliphatic rings. The fourth-order valence-electron chi connectivity index (χ4n) is 2.30. The minimum atomic E-state index is -0.474. The first kappa shape index (κ1) is 20.2. The van der Waals surface area contributed by atoms with Gasteiger partial charge in [-0.05, 0) is 48.7 Å². The predicted octanol–water partition coefficient (Wildman–Crippen LogP) is 4.79. The Kier molecular flexibility index (Phi) is 7.16. The zero-order chi connectivity index (χ0) is 19.8. The number of methoxy groups -OCH3 is 1. The molecule has 0 bridgehead atoms. The molecule has 0 radical (unpaired) electrons. The van der Waals surface area contributed by atoms with Crippen molar-refractivity contribution < 1.29 is 19.1 Å². The first-order valence-corrected chi connectivity index (χ1v) is 8.70. The molecule has 2 aromatic rings. The minimum Gasteiger partial charge on any atom is -0.494 e. The van der Waals surface area contributed by atoms with E-state index in [1.54, 1.807) is 37.6 Å². The fourth-order valence-corrected chi connectivity index (χ4v) is 2.30. The first-order valence-electron chi connectivity index (χ1n) is 8.70. The van der Waals surface area contributed by atoms with Crippen LogP contribution in [0.4, 0.5) is 11.4 Å². The number of nitro benzene ring substituents is 1. The highest BCUT2D eigenvalue weighted by molar-refractivity contribution is 5.84. The standard InChI is InChI=1S/C20H24N2O5/c1-5-26-16-7-8-17(18(11-16)22(23)24)21-12-15-6-9-19(20(10-15)25-4)27-13-14(2)3/h6-12,14H,5,13H2,1-4H3. The second-order valence-corrected chi connectivity index (χ2v) is 6.21. The molecular formula is C20H24N2O5. The van der Waals surface area contributed by atoms with Crippen LogP contribution in [0.25, 0.3) is 0 Å². The Bertz CT molecular complexity index is 818. The molecule has 2 aromatic carbocycles. The summed E-state index contributed by atoms with van der Waals surface area (Å²) >= 11 is 0. The molecule has 0 aliphatic heterocycles. The van der Waals surface area contributed by atoms with Crippen LogP contribution in [0.2, 0.25) is 0 Å². The van der Waals surface area contributed by atoms with Crippen molar-refractivity contribution in [2.45, 2.75) is 20.8 Å². The van der Waals surface area contributed by atoms with E-state index < -0.39 is 4.92 Å². The van der Waals surface area contributed by atoms with Gasteiger partial charge in [0.25, 0.3) is 5.69 Å². The second-order valence-electron chi connectivity index (χ2n) is 6.21. The summed E-state index contributed by atoms with van der Waals surface area (Å²) < 4.78 is 16.4. The van der Waals surface area contributed by atoms with Gasteiger partial charge in [0, 0.05) is 6.21 Å². The van der Waals surface area contributed by atoms with Gasteiger partial charge in [0.15, 0.2) is 11.5 Å². The van der Waals surface area contributed by atoms with E-state index in [4.69, 9.17) is 14.2 Å². The summed E-state index contributed by atoms with van der Waals surface area (Å²) in [6.45, 7) is 6.97. The van der Waals surface area contributed by atoms with Gasteiger partial charge in [0.2, 0.25) is 0 Å². The van der Waals surface area contributed by atoms with E-state index in [1.807, 2.05) is 13.0 Å². The smallest absolute Gasteiger partial charge is 0.298 e. The van der Waals surface area contributed by atoms with Crippen LogP contribution in [0.5, 0.6) is 17.2 Å². The van der Waals surface area contributed by atoms with Gasteiger partial charge in [-0.15, -0.1) is 0 Å². The Hall–Kier alpha value is -3.09. The molecule has 2 rings (SSSR count). The van der Waals surface area contributed by atoms with Gasteiger partial charge in [0.05, 0.1) is 31.3 Å². The Balaban J connectivity index is 2.25. The minimum absolute atomic E-state index is 0.110. The molecule has 7 nitrogen and oxygen atoms in total. The summed E-state index contributed by atoms with van der Waals surface area (Å²) in [6.07, 6.45) is 1.55. The molecule has 0 heterocycles. The Morgan fingerprint density at radius 1 is 1.15 bits per heavy atom. The van der Waals surface area contributed by atoms with E-state index in [-0.39, 0.29) is 11.4 Å². The number of benzene rings is 2. The zero-order valence-corrected chi connectivity index (χ0v) is 16.0. The molecule has 27 heavy (non-hydrogen) atoms. The van der Waals surface area contributed by atoms with Crippen molar-refractivity contribution in [2.24, 2.45) is 10.9 Å². The lowest BCUT2D eigenvalue weighted by molar-refractivity contribution is -0.384. The van der Waals surface area contributed by atoms with Crippen LogP contribution >= 0.6 is 0 Å². The molecule has 0 atom stereocenters. The predicted molar refractivity (Wildman–Crippen MR) is 105 cm³/mol. The molecule has 0 aromatic heterocycles. The number of nitro groups is 1. The van der Waals surface area contributed by atoms with Crippen LogP contribution in [-0.4, -0.2) is 31.5 Å². The first-order chi connectivity index (χ1) is 12.9. The molecule has 0 saturated carbocycles. The quantitative estimate of drug-likeness (QED) is 0.359. The van der Waals surface area contributed by atoms with Gasteiger partial charge in [-0.1, -0.05) is 13.8 Å². The number of hydrogen-bond donors (Lipinski definition) is 0. The van der Waals surface area contributed by atoms with E-state index >= 15 is 0 Å². The van der Waals surface area contributed by atoms with E-state index in [2.05, 4.69) is 18.8 Å². The largest absolute Gasteiger partial charge is 0.494 e. The average Bonchev–Trinajstić information content (AvgIpc) is 2.65. The summed E-state index contributed by atoms with van der Waals surface area (Å²) in [7, 11) is 1.57. The van der Waals surface area contributed by atoms with Gasteiger partial charge in [0.1, 0.15) is 11.4 Å². The topological polar surface area (TPSA) is 83.2 Å². The highest BCUT2D eigenvalue weighted by Crippen LogP contribution is 2.32. The summed E-state index contributed by atoms with van der Waals surface area (Å²) in [6, 6.07) is 10.00. The Morgan fingerprint density at radius 2 is 1.93 bits per heavy atom. The monoisotopic (exact) mass is 372 g/mol. The van der Waals surface area contributed by atoms with E-state index in [1.165, 1.54) is 6.07 Å². The highest BCUT2D eigenvalue weighted by Gasteiger charge is 2.14. The summed E-state index contributed by atoms with van der Waals surface area (Å²) in [5, 5.41) is 11.3. The van der Waals surface area contributed by atoms with Crippen LogP contribution in [0.1, 0.15) is 26.3 Å². The number of aliphatic imine (C=N–C) groups is 1. The van der Waals surface area contributed by atoms with Gasteiger partial charge < -0.3 is 14.2 Å². The highest BCUT2D eigenvalue weighted by atomic mass is 16.6. The second kappa shape index (κ2) is 9.56.